The van der Waals surface area contributed by atoms with Gasteiger partial charge in [0, 0.05) is 33.1 Å². The number of aryl methyl sites for hydroxylation is 1. The highest BCUT2D eigenvalue weighted by Crippen LogP contribution is 2.18. The second-order valence-electron chi connectivity index (χ2n) is 6.45. The van der Waals surface area contributed by atoms with Gasteiger partial charge in [0.25, 0.3) is 11.5 Å². The molecule has 0 N–H and O–H groups in total. The number of rotatable bonds is 3. The van der Waals surface area contributed by atoms with Gasteiger partial charge in [-0.1, -0.05) is 17.7 Å². The molecule has 142 valence electrons. The Morgan fingerprint density at radius 1 is 1.04 bits per heavy atom. The molecule has 0 unspecified atom stereocenters. The van der Waals surface area contributed by atoms with Crippen molar-refractivity contribution in [3.8, 4) is 11.4 Å². The summed E-state index contributed by atoms with van der Waals surface area (Å²) in [6.07, 6.45) is 0. The van der Waals surface area contributed by atoms with Crippen LogP contribution in [0.15, 0.2) is 35.1 Å². The van der Waals surface area contributed by atoms with Gasteiger partial charge >= 0.3 is 0 Å². The van der Waals surface area contributed by atoms with Crippen LogP contribution in [0.5, 0.6) is 5.75 Å². The monoisotopic (exact) mass is 370 g/mol. The molecular weight excluding hydrogens is 348 g/mol. The Balaban J connectivity index is 1.93. The van der Waals surface area contributed by atoms with Gasteiger partial charge in [-0.05, 0) is 19.1 Å². The lowest BCUT2D eigenvalue weighted by Gasteiger charge is -2.34. The van der Waals surface area contributed by atoms with Crippen LogP contribution in [0.1, 0.15) is 23.0 Å². The van der Waals surface area contributed by atoms with Gasteiger partial charge in [0.2, 0.25) is 5.91 Å². The first-order valence-corrected chi connectivity index (χ1v) is 8.71. The highest BCUT2D eigenvalue weighted by Gasteiger charge is 2.27. The standard InChI is InChI=1S/C19H22N4O4/c1-13-4-6-15(7-5-13)23-17(25)12-16(27-3)18(20-23)19(26)22-10-8-21(9-11-22)14(2)24/h4-7,12H,8-11H2,1-3H3. The minimum absolute atomic E-state index is 0.00859. The van der Waals surface area contributed by atoms with E-state index in [0.29, 0.717) is 31.9 Å². The van der Waals surface area contributed by atoms with Crippen LogP contribution in [0.25, 0.3) is 5.69 Å². The fourth-order valence-corrected chi connectivity index (χ4v) is 2.99. The molecule has 0 saturated carbocycles. The number of hydrogen-bond acceptors (Lipinski definition) is 5. The first kappa shape index (κ1) is 18.6. The van der Waals surface area contributed by atoms with Crippen molar-refractivity contribution in [2.75, 3.05) is 33.3 Å². The van der Waals surface area contributed by atoms with E-state index in [1.807, 2.05) is 19.1 Å². The fraction of sp³-hybridized carbons (Fsp3) is 0.368. The van der Waals surface area contributed by atoms with Crippen molar-refractivity contribution in [1.29, 1.82) is 0 Å². The maximum atomic E-state index is 13.0. The number of nitrogens with zero attached hydrogens (tertiary/aromatic N) is 4. The Morgan fingerprint density at radius 2 is 1.63 bits per heavy atom. The second kappa shape index (κ2) is 7.61. The molecule has 1 aromatic heterocycles. The number of amides is 2. The van der Waals surface area contributed by atoms with Crippen molar-refractivity contribution >= 4 is 11.8 Å². The highest BCUT2D eigenvalue weighted by atomic mass is 16.5. The number of aromatic nitrogens is 2. The highest BCUT2D eigenvalue weighted by molar-refractivity contribution is 5.95. The van der Waals surface area contributed by atoms with Gasteiger partial charge in [0.05, 0.1) is 18.9 Å². The lowest BCUT2D eigenvalue weighted by atomic mass is 10.2. The summed E-state index contributed by atoms with van der Waals surface area (Å²) >= 11 is 0. The average molecular weight is 370 g/mol. The van der Waals surface area contributed by atoms with Gasteiger partial charge in [-0.2, -0.15) is 9.78 Å². The van der Waals surface area contributed by atoms with E-state index in [1.54, 1.807) is 21.9 Å². The third-order valence-electron chi connectivity index (χ3n) is 4.61. The summed E-state index contributed by atoms with van der Waals surface area (Å²) in [5.74, 6) is -0.191. The molecule has 2 amide bonds. The Hall–Kier alpha value is -3.16. The van der Waals surface area contributed by atoms with Crippen molar-refractivity contribution in [3.63, 3.8) is 0 Å². The number of ether oxygens (including phenoxy) is 1. The molecule has 0 bridgehead atoms. The molecular formula is C19H22N4O4. The molecule has 1 saturated heterocycles. The van der Waals surface area contributed by atoms with Crippen LogP contribution in [0.2, 0.25) is 0 Å². The van der Waals surface area contributed by atoms with Crippen LogP contribution >= 0.6 is 0 Å². The SMILES string of the molecule is COc1cc(=O)n(-c2ccc(C)cc2)nc1C(=O)N1CCN(C(C)=O)CC1. The smallest absolute Gasteiger partial charge is 0.278 e. The maximum absolute atomic E-state index is 13.0. The van der Waals surface area contributed by atoms with E-state index in [2.05, 4.69) is 5.10 Å². The average Bonchev–Trinajstić information content (AvgIpc) is 2.68. The quantitative estimate of drug-likeness (QED) is 0.800. The molecule has 8 nitrogen and oxygen atoms in total. The van der Waals surface area contributed by atoms with Gasteiger partial charge in [0.1, 0.15) is 0 Å². The summed E-state index contributed by atoms with van der Waals surface area (Å²) in [5.41, 5.74) is 1.33. The molecule has 2 heterocycles. The molecule has 0 aliphatic carbocycles. The van der Waals surface area contributed by atoms with Crippen molar-refractivity contribution in [2.24, 2.45) is 0 Å². The number of hydrogen-bond donors (Lipinski definition) is 0. The summed E-state index contributed by atoms with van der Waals surface area (Å²) in [7, 11) is 1.40. The van der Waals surface area contributed by atoms with Gasteiger partial charge in [0.15, 0.2) is 11.4 Å². The zero-order valence-electron chi connectivity index (χ0n) is 15.6. The number of carbonyl (C=O) groups excluding carboxylic acids is 2. The van der Waals surface area contributed by atoms with E-state index < -0.39 is 0 Å². The topological polar surface area (TPSA) is 84.7 Å². The van der Waals surface area contributed by atoms with E-state index in [-0.39, 0.29) is 28.8 Å². The molecule has 0 spiro atoms. The predicted molar refractivity (Wildman–Crippen MR) is 99.3 cm³/mol. The van der Waals surface area contributed by atoms with E-state index in [9.17, 15) is 14.4 Å². The van der Waals surface area contributed by atoms with Crippen molar-refractivity contribution < 1.29 is 14.3 Å². The largest absolute Gasteiger partial charge is 0.494 e. The van der Waals surface area contributed by atoms with Gasteiger partial charge < -0.3 is 14.5 Å². The fourth-order valence-electron chi connectivity index (χ4n) is 2.99. The van der Waals surface area contributed by atoms with E-state index in [0.717, 1.165) is 5.56 Å². The number of methoxy groups -OCH3 is 1. The zero-order chi connectivity index (χ0) is 19.6. The molecule has 3 rings (SSSR count). The van der Waals surface area contributed by atoms with Crippen LogP contribution in [0.3, 0.4) is 0 Å². The van der Waals surface area contributed by atoms with Crippen LogP contribution in [0, 0.1) is 6.92 Å². The molecule has 1 aliphatic rings. The van der Waals surface area contributed by atoms with Crippen LogP contribution in [0.4, 0.5) is 0 Å². The first-order chi connectivity index (χ1) is 12.9. The Morgan fingerprint density at radius 3 is 2.19 bits per heavy atom. The van der Waals surface area contributed by atoms with E-state index in [1.165, 1.54) is 24.8 Å². The first-order valence-electron chi connectivity index (χ1n) is 8.71. The molecule has 1 fully saturated rings. The Labute approximate surface area is 157 Å². The Kier molecular flexibility index (Phi) is 5.25. The van der Waals surface area contributed by atoms with Gasteiger partial charge in [-0.25, -0.2) is 0 Å². The van der Waals surface area contributed by atoms with Gasteiger partial charge in [-0.3, -0.25) is 14.4 Å². The second-order valence-corrected chi connectivity index (χ2v) is 6.45. The third-order valence-corrected chi connectivity index (χ3v) is 4.61. The summed E-state index contributed by atoms with van der Waals surface area (Å²) in [5, 5.41) is 4.28. The Bertz CT molecular complexity index is 912. The maximum Gasteiger partial charge on any atom is 0.278 e. The summed E-state index contributed by atoms with van der Waals surface area (Å²) < 4.78 is 6.42. The summed E-state index contributed by atoms with van der Waals surface area (Å²) in [6.45, 7) is 5.23. The van der Waals surface area contributed by atoms with Crippen LogP contribution in [-0.4, -0.2) is 64.7 Å². The molecule has 27 heavy (non-hydrogen) atoms. The number of benzene rings is 1. The molecule has 0 atom stereocenters. The van der Waals surface area contributed by atoms with Crippen LogP contribution < -0.4 is 10.3 Å². The predicted octanol–water partition coefficient (Wildman–Crippen LogP) is 0.854. The lowest BCUT2D eigenvalue weighted by Crippen LogP contribution is -2.50. The summed E-state index contributed by atoms with van der Waals surface area (Å²) in [6, 6.07) is 8.56. The molecule has 1 aliphatic heterocycles. The third kappa shape index (κ3) is 3.84. The van der Waals surface area contributed by atoms with Crippen molar-refractivity contribution in [1.82, 2.24) is 19.6 Å². The summed E-state index contributed by atoms with van der Waals surface area (Å²) in [4.78, 5) is 40.2. The minimum Gasteiger partial charge on any atom is -0.494 e. The van der Waals surface area contributed by atoms with Crippen molar-refractivity contribution in [3.05, 3.63) is 51.9 Å². The van der Waals surface area contributed by atoms with E-state index >= 15 is 0 Å². The minimum atomic E-state index is -0.381. The molecule has 8 heteroatoms. The normalized spacial score (nSPS) is 14.2. The molecule has 0 radical (unpaired) electrons. The number of carbonyl (C=O) groups is 2. The zero-order valence-corrected chi connectivity index (χ0v) is 15.6. The lowest BCUT2D eigenvalue weighted by molar-refractivity contribution is -0.130. The van der Waals surface area contributed by atoms with Crippen LogP contribution in [-0.2, 0) is 4.79 Å². The van der Waals surface area contributed by atoms with Crippen molar-refractivity contribution in [2.45, 2.75) is 13.8 Å². The van der Waals surface area contributed by atoms with Gasteiger partial charge in [-0.15, -0.1) is 0 Å². The van der Waals surface area contributed by atoms with E-state index in [4.69, 9.17) is 4.74 Å². The molecule has 1 aromatic carbocycles. The molecule has 2 aromatic rings. The number of piperazine rings is 1.